The quantitative estimate of drug-likeness (QED) is 0.652. The molecule has 2 N–H and O–H groups in total. The molecule has 0 aliphatic carbocycles. The topological polar surface area (TPSA) is 49.3 Å². The first-order valence-corrected chi connectivity index (χ1v) is 8.82. The summed E-state index contributed by atoms with van der Waals surface area (Å²) in [6, 6.07) is 25.6. The number of rotatable bonds is 6. The van der Waals surface area contributed by atoms with Crippen molar-refractivity contribution in [3.63, 3.8) is 0 Å². The van der Waals surface area contributed by atoms with Crippen molar-refractivity contribution >= 4 is 11.6 Å². The number of hydrogen-bond acceptors (Lipinski definition) is 2. The second-order valence-corrected chi connectivity index (χ2v) is 6.41. The highest BCUT2D eigenvalue weighted by Crippen LogP contribution is 2.24. The number of carbonyl (C=O) groups excluding carboxylic acids is 1. The number of nitrogens with one attached hydrogen (secondary N) is 1. The molecule has 0 saturated carbocycles. The van der Waals surface area contributed by atoms with E-state index in [-0.39, 0.29) is 12.3 Å². The Morgan fingerprint density at radius 3 is 2.19 bits per heavy atom. The molecule has 0 aromatic heterocycles. The van der Waals surface area contributed by atoms with E-state index in [1.54, 1.807) is 0 Å². The van der Waals surface area contributed by atoms with Gasteiger partial charge in [0.25, 0.3) is 0 Å². The van der Waals surface area contributed by atoms with Crippen LogP contribution in [0.5, 0.6) is 0 Å². The molecule has 0 spiro atoms. The molecule has 0 radical (unpaired) electrons. The van der Waals surface area contributed by atoms with Gasteiger partial charge in [-0.25, -0.2) is 0 Å². The maximum absolute atomic E-state index is 12.1. The van der Waals surface area contributed by atoms with Crippen molar-refractivity contribution in [3.8, 4) is 11.1 Å². The largest absolute Gasteiger partial charge is 0.388 e. The molecule has 26 heavy (non-hydrogen) atoms. The number of anilines is 1. The number of aliphatic hydroxyl groups excluding tert-OH is 1. The van der Waals surface area contributed by atoms with Gasteiger partial charge in [0.15, 0.2) is 0 Å². The highest BCUT2D eigenvalue weighted by Gasteiger charge is 2.11. The number of benzene rings is 3. The van der Waals surface area contributed by atoms with Crippen LogP contribution in [-0.2, 0) is 4.79 Å². The minimum Gasteiger partial charge on any atom is -0.388 e. The van der Waals surface area contributed by atoms with Crippen LogP contribution in [0.3, 0.4) is 0 Å². The molecule has 132 valence electrons. The van der Waals surface area contributed by atoms with E-state index in [0.29, 0.717) is 6.42 Å². The lowest BCUT2D eigenvalue weighted by molar-refractivity contribution is -0.116. The van der Waals surface area contributed by atoms with Gasteiger partial charge >= 0.3 is 0 Å². The minimum absolute atomic E-state index is 0.0840. The van der Waals surface area contributed by atoms with Crippen molar-refractivity contribution in [1.29, 1.82) is 0 Å². The highest BCUT2D eigenvalue weighted by molar-refractivity contribution is 5.91. The van der Waals surface area contributed by atoms with Gasteiger partial charge < -0.3 is 10.4 Å². The van der Waals surface area contributed by atoms with Crippen LogP contribution in [-0.4, -0.2) is 11.0 Å². The lowest BCUT2D eigenvalue weighted by Gasteiger charge is -2.13. The molecule has 0 fully saturated rings. The van der Waals surface area contributed by atoms with E-state index in [2.05, 4.69) is 17.4 Å². The first kappa shape index (κ1) is 17.9. The highest BCUT2D eigenvalue weighted by atomic mass is 16.3. The standard InChI is InChI=1S/C23H23NO2/c1-17-7-5-6-10-21(17)24-23(26)16-15-22(25)20-13-11-19(12-14-20)18-8-3-2-4-9-18/h2-14,22,25H,15-16H2,1H3,(H,24,26). The van der Waals surface area contributed by atoms with Crippen LogP contribution >= 0.6 is 0 Å². The summed E-state index contributed by atoms with van der Waals surface area (Å²) >= 11 is 0. The SMILES string of the molecule is Cc1ccccc1NC(=O)CCC(O)c1ccc(-c2ccccc2)cc1. The lowest BCUT2D eigenvalue weighted by atomic mass is 10.00. The number of amides is 1. The summed E-state index contributed by atoms with van der Waals surface area (Å²) < 4.78 is 0. The molecule has 3 rings (SSSR count). The van der Waals surface area contributed by atoms with E-state index in [0.717, 1.165) is 27.9 Å². The molecule has 3 aromatic carbocycles. The molecule has 0 bridgehead atoms. The molecular weight excluding hydrogens is 322 g/mol. The summed E-state index contributed by atoms with van der Waals surface area (Å²) in [5.74, 6) is -0.0840. The maximum atomic E-state index is 12.1. The zero-order chi connectivity index (χ0) is 18.4. The summed E-state index contributed by atoms with van der Waals surface area (Å²) in [7, 11) is 0. The van der Waals surface area contributed by atoms with Crippen molar-refractivity contribution in [2.24, 2.45) is 0 Å². The Morgan fingerprint density at radius 1 is 0.885 bits per heavy atom. The second-order valence-electron chi connectivity index (χ2n) is 6.41. The molecule has 0 aliphatic heterocycles. The summed E-state index contributed by atoms with van der Waals surface area (Å²) in [6.45, 7) is 1.96. The van der Waals surface area contributed by atoms with Gasteiger partial charge in [0.2, 0.25) is 5.91 Å². The van der Waals surface area contributed by atoms with E-state index in [9.17, 15) is 9.90 Å². The average molecular weight is 345 g/mol. The van der Waals surface area contributed by atoms with Crippen molar-refractivity contribution in [2.75, 3.05) is 5.32 Å². The molecular formula is C23H23NO2. The van der Waals surface area contributed by atoms with Crippen LogP contribution in [0.15, 0.2) is 78.9 Å². The van der Waals surface area contributed by atoms with Gasteiger partial charge in [-0.05, 0) is 41.7 Å². The van der Waals surface area contributed by atoms with E-state index >= 15 is 0 Å². The molecule has 0 saturated heterocycles. The smallest absolute Gasteiger partial charge is 0.224 e. The van der Waals surface area contributed by atoms with Crippen LogP contribution in [0.25, 0.3) is 11.1 Å². The average Bonchev–Trinajstić information content (AvgIpc) is 2.69. The summed E-state index contributed by atoms with van der Waals surface area (Å²) in [4.78, 5) is 12.1. The molecule has 1 unspecified atom stereocenters. The lowest BCUT2D eigenvalue weighted by Crippen LogP contribution is -2.13. The van der Waals surface area contributed by atoms with Crippen molar-refractivity contribution in [1.82, 2.24) is 0 Å². The third-order valence-electron chi connectivity index (χ3n) is 4.47. The van der Waals surface area contributed by atoms with Crippen molar-refractivity contribution in [2.45, 2.75) is 25.9 Å². The normalized spacial score (nSPS) is 11.8. The monoisotopic (exact) mass is 345 g/mol. The van der Waals surface area contributed by atoms with Gasteiger partial charge in [0.1, 0.15) is 0 Å². The van der Waals surface area contributed by atoms with E-state index in [4.69, 9.17) is 0 Å². The molecule has 0 heterocycles. The van der Waals surface area contributed by atoms with Crippen molar-refractivity contribution < 1.29 is 9.90 Å². The van der Waals surface area contributed by atoms with Gasteiger partial charge in [0.05, 0.1) is 6.10 Å². The number of aliphatic hydroxyl groups is 1. The van der Waals surface area contributed by atoms with Crippen molar-refractivity contribution in [3.05, 3.63) is 90.0 Å². The summed E-state index contributed by atoms with van der Waals surface area (Å²) in [5.41, 5.74) is 4.93. The predicted octanol–water partition coefficient (Wildman–Crippen LogP) is 5.11. The number of para-hydroxylation sites is 1. The Kier molecular flexibility index (Phi) is 5.82. The fourth-order valence-electron chi connectivity index (χ4n) is 2.89. The Balaban J connectivity index is 1.55. The van der Waals surface area contributed by atoms with E-state index in [1.165, 1.54) is 0 Å². The Labute approximate surface area is 154 Å². The van der Waals surface area contributed by atoms with Crippen LogP contribution in [0.2, 0.25) is 0 Å². The van der Waals surface area contributed by atoms with Gasteiger partial charge in [-0.2, -0.15) is 0 Å². The Bertz CT molecular complexity index is 857. The molecule has 3 aromatic rings. The first-order chi connectivity index (χ1) is 12.6. The predicted molar refractivity (Wildman–Crippen MR) is 106 cm³/mol. The summed E-state index contributed by atoms with van der Waals surface area (Å²) in [5, 5.41) is 13.3. The first-order valence-electron chi connectivity index (χ1n) is 8.82. The minimum atomic E-state index is -0.651. The zero-order valence-electron chi connectivity index (χ0n) is 14.9. The zero-order valence-corrected chi connectivity index (χ0v) is 14.9. The fraction of sp³-hybridized carbons (Fsp3) is 0.174. The molecule has 1 amide bonds. The Hall–Kier alpha value is -2.91. The van der Waals surface area contributed by atoms with Crippen LogP contribution < -0.4 is 5.32 Å². The maximum Gasteiger partial charge on any atom is 0.224 e. The molecule has 1 atom stereocenters. The van der Waals surface area contributed by atoms with Crippen LogP contribution in [0, 0.1) is 6.92 Å². The third kappa shape index (κ3) is 4.58. The Morgan fingerprint density at radius 2 is 1.50 bits per heavy atom. The summed E-state index contributed by atoms with van der Waals surface area (Å²) in [6.07, 6.45) is 0.0145. The number of aryl methyl sites for hydroxylation is 1. The van der Waals surface area contributed by atoms with E-state index < -0.39 is 6.10 Å². The second kappa shape index (κ2) is 8.45. The van der Waals surface area contributed by atoms with Gasteiger partial charge in [-0.3, -0.25) is 4.79 Å². The molecule has 3 heteroatoms. The van der Waals surface area contributed by atoms with Gasteiger partial charge in [-0.15, -0.1) is 0 Å². The van der Waals surface area contributed by atoms with Crippen LogP contribution in [0.4, 0.5) is 5.69 Å². The fourth-order valence-corrected chi connectivity index (χ4v) is 2.89. The number of carbonyl (C=O) groups is 1. The third-order valence-corrected chi connectivity index (χ3v) is 4.47. The van der Waals surface area contributed by atoms with Gasteiger partial charge in [0, 0.05) is 12.1 Å². The van der Waals surface area contributed by atoms with Gasteiger partial charge in [-0.1, -0.05) is 72.8 Å². The van der Waals surface area contributed by atoms with E-state index in [1.807, 2.05) is 73.7 Å². The molecule has 0 aliphatic rings. The van der Waals surface area contributed by atoms with Crippen LogP contribution in [0.1, 0.15) is 30.1 Å². The number of hydrogen-bond donors (Lipinski definition) is 2. The molecule has 3 nitrogen and oxygen atoms in total.